The topological polar surface area (TPSA) is 66.6 Å². The summed E-state index contributed by atoms with van der Waals surface area (Å²) in [6.45, 7) is 4.77. The van der Waals surface area contributed by atoms with Gasteiger partial charge in [-0.25, -0.2) is 4.98 Å². The first kappa shape index (κ1) is 13.1. The number of carbonyl (C=O) groups is 1. The standard InChI is InChI=1S/C13H20N2O3/c1-10-12(14-9-18-10)8-15-6-2-3-11(7-15)4-5-13(16)17/h9,11H,2-8H2,1H3,(H,16,17). The van der Waals surface area contributed by atoms with Crippen LogP contribution in [0.15, 0.2) is 10.8 Å². The van der Waals surface area contributed by atoms with E-state index in [1.54, 1.807) is 0 Å². The highest BCUT2D eigenvalue weighted by molar-refractivity contribution is 5.66. The van der Waals surface area contributed by atoms with Crippen molar-refractivity contribution in [3.8, 4) is 0 Å². The quantitative estimate of drug-likeness (QED) is 0.868. The minimum absolute atomic E-state index is 0.279. The second kappa shape index (κ2) is 6.00. The molecule has 1 N–H and O–H groups in total. The van der Waals surface area contributed by atoms with Crippen LogP contribution >= 0.6 is 0 Å². The molecule has 0 aliphatic carbocycles. The van der Waals surface area contributed by atoms with E-state index in [9.17, 15) is 4.79 Å². The number of piperidine rings is 1. The molecule has 1 fully saturated rings. The molecule has 2 rings (SSSR count). The Morgan fingerprint density at radius 3 is 3.17 bits per heavy atom. The van der Waals surface area contributed by atoms with Crippen LogP contribution in [0.3, 0.4) is 0 Å². The number of hydrogen-bond donors (Lipinski definition) is 1. The summed E-state index contributed by atoms with van der Waals surface area (Å²) in [7, 11) is 0. The Balaban J connectivity index is 1.83. The van der Waals surface area contributed by atoms with Gasteiger partial charge in [0.05, 0.1) is 5.69 Å². The Labute approximate surface area is 107 Å². The van der Waals surface area contributed by atoms with Crippen molar-refractivity contribution >= 4 is 5.97 Å². The number of rotatable bonds is 5. The lowest BCUT2D eigenvalue weighted by molar-refractivity contribution is -0.137. The van der Waals surface area contributed by atoms with E-state index in [1.807, 2.05) is 6.92 Å². The summed E-state index contributed by atoms with van der Waals surface area (Å²) >= 11 is 0. The summed E-state index contributed by atoms with van der Waals surface area (Å²) in [4.78, 5) is 17.1. The van der Waals surface area contributed by atoms with Crippen LogP contribution in [0.2, 0.25) is 0 Å². The Bertz CT molecular complexity index is 403. The molecule has 1 unspecified atom stereocenters. The molecule has 0 radical (unpaired) electrons. The minimum atomic E-state index is -0.695. The number of hydrogen-bond acceptors (Lipinski definition) is 4. The van der Waals surface area contributed by atoms with Crippen LogP contribution in [0, 0.1) is 12.8 Å². The number of oxazole rings is 1. The highest BCUT2D eigenvalue weighted by Crippen LogP contribution is 2.22. The molecule has 100 valence electrons. The zero-order valence-corrected chi connectivity index (χ0v) is 10.8. The van der Waals surface area contributed by atoms with Crippen molar-refractivity contribution < 1.29 is 14.3 Å². The third kappa shape index (κ3) is 3.57. The average Bonchev–Trinajstić information content (AvgIpc) is 2.73. The molecule has 0 saturated carbocycles. The molecule has 2 heterocycles. The van der Waals surface area contributed by atoms with E-state index in [0.29, 0.717) is 5.92 Å². The number of carboxylic acid groups (broad SMARTS) is 1. The largest absolute Gasteiger partial charge is 0.481 e. The van der Waals surface area contributed by atoms with Crippen LogP contribution in [0.1, 0.15) is 37.1 Å². The van der Waals surface area contributed by atoms with E-state index >= 15 is 0 Å². The van der Waals surface area contributed by atoms with E-state index in [4.69, 9.17) is 9.52 Å². The summed E-state index contributed by atoms with van der Waals surface area (Å²) in [6.07, 6.45) is 4.82. The van der Waals surface area contributed by atoms with E-state index in [2.05, 4.69) is 9.88 Å². The molecule has 0 aromatic carbocycles. The van der Waals surface area contributed by atoms with Gasteiger partial charge in [-0.2, -0.15) is 0 Å². The maximum Gasteiger partial charge on any atom is 0.303 e. The number of carboxylic acids is 1. The van der Waals surface area contributed by atoms with Crippen LogP contribution < -0.4 is 0 Å². The first-order chi connectivity index (χ1) is 8.65. The lowest BCUT2D eigenvalue weighted by atomic mass is 9.93. The molecule has 1 aliphatic rings. The Morgan fingerprint density at radius 2 is 2.50 bits per heavy atom. The van der Waals surface area contributed by atoms with Gasteiger partial charge in [-0.15, -0.1) is 0 Å². The number of likely N-dealkylation sites (tertiary alicyclic amines) is 1. The summed E-state index contributed by atoms with van der Waals surface area (Å²) in [5, 5.41) is 8.72. The fourth-order valence-electron chi connectivity index (χ4n) is 2.55. The summed E-state index contributed by atoms with van der Waals surface area (Å²) in [5.41, 5.74) is 0.994. The van der Waals surface area contributed by atoms with Crippen molar-refractivity contribution in [2.45, 2.75) is 39.2 Å². The maximum atomic E-state index is 10.6. The molecule has 0 spiro atoms. The van der Waals surface area contributed by atoms with E-state index < -0.39 is 5.97 Å². The van der Waals surface area contributed by atoms with E-state index in [-0.39, 0.29) is 6.42 Å². The minimum Gasteiger partial charge on any atom is -0.481 e. The molecule has 5 heteroatoms. The van der Waals surface area contributed by atoms with E-state index in [0.717, 1.165) is 50.4 Å². The van der Waals surface area contributed by atoms with Gasteiger partial charge in [0.2, 0.25) is 0 Å². The highest BCUT2D eigenvalue weighted by atomic mass is 16.4. The fraction of sp³-hybridized carbons (Fsp3) is 0.692. The molecule has 1 aromatic rings. The first-order valence-corrected chi connectivity index (χ1v) is 6.48. The van der Waals surface area contributed by atoms with Crippen LogP contribution in [-0.4, -0.2) is 34.0 Å². The Hall–Kier alpha value is -1.36. The van der Waals surface area contributed by atoms with Crippen molar-refractivity contribution in [2.24, 2.45) is 5.92 Å². The Morgan fingerprint density at radius 1 is 1.67 bits per heavy atom. The molecule has 0 bridgehead atoms. The van der Waals surface area contributed by atoms with Gasteiger partial charge < -0.3 is 9.52 Å². The zero-order valence-electron chi connectivity index (χ0n) is 10.8. The molecule has 1 aromatic heterocycles. The molecule has 1 atom stereocenters. The van der Waals surface area contributed by atoms with Gasteiger partial charge in [0, 0.05) is 19.5 Å². The van der Waals surface area contributed by atoms with Crippen LogP contribution in [0.4, 0.5) is 0 Å². The summed E-state index contributed by atoms with van der Waals surface area (Å²) in [6, 6.07) is 0. The van der Waals surface area contributed by atoms with Gasteiger partial charge in [-0.05, 0) is 38.6 Å². The number of aromatic nitrogens is 1. The van der Waals surface area contributed by atoms with Crippen LogP contribution in [-0.2, 0) is 11.3 Å². The zero-order chi connectivity index (χ0) is 13.0. The van der Waals surface area contributed by atoms with Crippen LogP contribution in [0.25, 0.3) is 0 Å². The first-order valence-electron chi connectivity index (χ1n) is 6.48. The summed E-state index contributed by atoms with van der Waals surface area (Å²) < 4.78 is 5.20. The molecule has 0 amide bonds. The van der Waals surface area contributed by atoms with E-state index in [1.165, 1.54) is 6.39 Å². The van der Waals surface area contributed by atoms with Gasteiger partial charge in [0.25, 0.3) is 0 Å². The van der Waals surface area contributed by atoms with Gasteiger partial charge >= 0.3 is 5.97 Å². The summed E-state index contributed by atoms with van der Waals surface area (Å²) in [5.74, 6) is 0.684. The molecular weight excluding hydrogens is 232 g/mol. The lowest BCUT2D eigenvalue weighted by Crippen LogP contribution is -2.35. The van der Waals surface area contributed by atoms with Gasteiger partial charge in [0.15, 0.2) is 6.39 Å². The van der Waals surface area contributed by atoms with Crippen molar-refractivity contribution in [1.29, 1.82) is 0 Å². The second-order valence-electron chi connectivity index (χ2n) is 5.03. The second-order valence-corrected chi connectivity index (χ2v) is 5.03. The predicted molar refractivity (Wildman–Crippen MR) is 66.1 cm³/mol. The van der Waals surface area contributed by atoms with Crippen molar-refractivity contribution in [2.75, 3.05) is 13.1 Å². The fourth-order valence-corrected chi connectivity index (χ4v) is 2.55. The van der Waals surface area contributed by atoms with Crippen molar-refractivity contribution in [3.05, 3.63) is 17.8 Å². The molecule has 1 aliphatic heterocycles. The smallest absolute Gasteiger partial charge is 0.303 e. The van der Waals surface area contributed by atoms with Gasteiger partial charge in [0.1, 0.15) is 5.76 Å². The monoisotopic (exact) mass is 252 g/mol. The average molecular weight is 252 g/mol. The highest BCUT2D eigenvalue weighted by Gasteiger charge is 2.21. The third-order valence-electron chi connectivity index (χ3n) is 3.59. The molecule has 1 saturated heterocycles. The molecule has 5 nitrogen and oxygen atoms in total. The van der Waals surface area contributed by atoms with Gasteiger partial charge in [-0.1, -0.05) is 0 Å². The number of nitrogens with zero attached hydrogens (tertiary/aromatic N) is 2. The Kier molecular flexibility index (Phi) is 4.36. The van der Waals surface area contributed by atoms with Crippen LogP contribution in [0.5, 0.6) is 0 Å². The number of aliphatic carboxylic acids is 1. The lowest BCUT2D eigenvalue weighted by Gasteiger charge is -2.32. The molecule has 18 heavy (non-hydrogen) atoms. The maximum absolute atomic E-state index is 10.6. The third-order valence-corrected chi connectivity index (χ3v) is 3.59. The van der Waals surface area contributed by atoms with Crippen molar-refractivity contribution in [3.63, 3.8) is 0 Å². The predicted octanol–water partition coefficient (Wildman–Crippen LogP) is 2.06. The molecular formula is C13H20N2O3. The van der Waals surface area contributed by atoms with Crippen molar-refractivity contribution in [1.82, 2.24) is 9.88 Å². The van der Waals surface area contributed by atoms with Gasteiger partial charge in [-0.3, -0.25) is 9.69 Å². The normalized spacial score (nSPS) is 21.1. The number of aryl methyl sites for hydroxylation is 1. The SMILES string of the molecule is Cc1ocnc1CN1CCCC(CCC(=O)O)C1.